The van der Waals surface area contributed by atoms with Crippen LogP contribution in [0.25, 0.3) is 10.9 Å². The Balaban J connectivity index is 1.74. The van der Waals surface area contributed by atoms with Crippen LogP contribution < -0.4 is 5.56 Å². The van der Waals surface area contributed by atoms with E-state index in [0.717, 1.165) is 42.4 Å². The number of benzene rings is 1. The number of aromatic amines is 1. The Kier molecular flexibility index (Phi) is 4.27. The van der Waals surface area contributed by atoms with E-state index in [1.807, 2.05) is 30.0 Å². The van der Waals surface area contributed by atoms with Gasteiger partial charge in [0.15, 0.2) is 0 Å². The van der Waals surface area contributed by atoms with E-state index >= 15 is 0 Å². The van der Waals surface area contributed by atoms with Gasteiger partial charge in [-0.2, -0.15) is 0 Å². The van der Waals surface area contributed by atoms with Gasteiger partial charge in [-0.1, -0.05) is 11.6 Å². The Morgan fingerprint density at radius 2 is 1.95 bits per heavy atom. The minimum absolute atomic E-state index is 0.0807. The Morgan fingerprint density at radius 1 is 1.18 bits per heavy atom. The van der Waals surface area contributed by atoms with E-state index in [9.17, 15) is 9.59 Å². The highest BCUT2D eigenvalue weighted by Crippen LogP contribution is 2.15. The summed E-state index contributed by atoms with van der Waals surface area (Å²) in [6.45, 7) is 3.77. The first-order chi connectivity index (χ1) is 10.6. The van der Waals surface area contributed by atoms with Crippen LogP contribution in [0.2, 0.25) is 0 Å². The topological polar surface area (TPSA) is 53.2 Å². The van der Waals surface area contributed by atoms with E-state index in [-0.39, 0.29) is 11.5 Å². The molecule has 0 saturated carbocycles. The SMILES string of the molecule is Cc1ccc2[nH]c(=O)c(CCC(=O)N3CCCCC3)cc2c1. The van der Waals surface area contributed by atoms with Crippen LogP contribution in [0.15, 0.2) is 29.1 Å². The predicted octanol–water partition coefficient (Wildman–Crippen LogP) is 2.78. The Bertz CT molecular complexity index is 742. The molecule has 1 saturated heterocycles. The maximum Gasteiger partial charge on any atom is 0.251 e. The maximum atomic E-state index is 12.2. The second kappa shape index (κ2) is 6.34. The van der Waals surface area contributed by atoms with Crippen LogP contribution >= 0.6 is 0 Å². The number of rotatable bonds is 3. The number of carbonyl (C=O) groups is 1. The Labute approximate surface area is 130 Å². The minimum atomic E-state index is -0.0807. The normalized spacial score (nSPS) is 15.2. The summed E-state index contributed by atoms with van der Waals surface area (Å²) in [5.74, 6) is 0.170. The number of carbonyl (C=O) groups excluding carboxylic acids is 1. The van der Waals surface area contributed by atoms with E-state index in [1.165, 1.54) is 6.42 Å². The number of aryl methyl sites for hydroxylation is 2. The molecule has 4 heteroatoms. The van der Waals surface area contributed by atoms with E-state index in [0.29, 0.717) is 18.4 Å². The molecule has 0 spiro atoms. The zero-order chi connectivity index (χ0) is 15.5. The number of fused-ring (bicyclic) bond motifs is 1. The molecule has 1 aromatic carbocycles. The van der Waals surface area contributed by atoms with Gasteiger partial charge < -0.3 is 9.88 Å². The van der Waals surface area contributed by atoms with Crippen molar-refractivity contribution in [1.29, 1.82) is 0 Å². The molecule has 0 radical (unpaired) electrons. The average molecular weight is 298 g/mol. The number of piperidine rings is 1. The van der Waals surface area contributed by atoms with Crippen molar-refractivity contribution < 1.29 is 4.79 Å². The van der Waals surface area contributed by atoms with Gasteiger partial charge in [0, 0.05) is 30.6 Å². The van der Waals surface area contributed by atoms with Crippen molar-refractivity contribution in [2.24, 2.45) is 0 Å². The summed E-state index contributed by atoms with van der Waals surface area (Å²) in [6, 6.07) is 7.89. The summed E-state index contributed by atoms with van der Waals surface area (Å²) in [7, 11) is 0. The number of H-pyrrole nitrogens is 1. The molecule has 0 aliphatic carbocycles. The third kappa shape index (κ3) is 3.21. The molecule has 1 amide bonds. The number of amides is 1. The van der Waals surface area contributed by atoms with Crippen LogP contribution in [-0.2, 0) is 11.2 Å². The third-order valence-corrected chi connectivity index (χ3v) is 4.39. The van der Waals surface area contributed by atoms with Crippen molar-refractivity contribution in [2.75, 3.05) is 13.1 Å². The lowest BCUT2D eigenvalue weighted by atomic mass is 10.1. The zero-order valence-corrected chi connectivity index (χ0v) is 13.0. The second-order valence-corrected chi connectivity index (χ2v) is 6.16. The summed E-state index contributed by atoms with van der Waals surface area (Å²) >= 11 is 0. The molecule has 22 heavy (non-hydrogen) atoms. The summed E-state index contributed by atoms with van der Waals surface area (Å²) in [4.78, 5) is 29.2. The van der Waals surface area contributed by atoms with Crippen LogP contribution in [0.3, 0.4) is 0 Å². The summed E-state index contributed by atoms with van der Waals surface area (Å²) in [6.07, 6.45) is 4.34. The lowest BCUT2D eigenvalue weighted by Gasteiger charge is -2.26. The maximum absolute atomic E-state index is 12.2. The van der Waals surface area contributed by atoms with Crippen LogP contribution in [0.5, 0.6) is 0 Å². The number of nitrogens with zero attached hydrogens (tertiary/aromatic N) is 1. The molecule has 0 atom stereocenters. The first-order valence-corrected chi connectivity index (χ1v) is 8.04. The highest BCUT2D eigenvalue weighted by Gasteiger charge is 2.16. The van der Waals surface area contributed by atoms with E-state index in [1.54, 1.807) is 0 Å². The summed E-state index contributed by atoms with van der Waals surface area (Å²) < 4.78 is 0. The van der Waals surface area contributed by atoms with Crippen molar-refractivity contribution >= 4 is 16.8 Å². The molecule has 116 valence electrons. The smallest absolute Gasteiger partial charge is 0.251 e. The monoisotopic (exact) mass is 298 g/mol. The standard InChI is InChI=1S/C18H22N2O2/c1-13-5-7-16-15(11-13)12-14(18(22)19-16)6-8-17(21)20-9-3-2-4-10-20/h5,7,11-12H,2-4,6,8-10H2,1H3,(H,19,22). The fourth-order valence-electron chi connectivity index (χ4n) is 3.10. The first kappa shape index (κ1) is 14.8. The molecule has 0 unspecified atom stereocenters. The van der Waals surface area contributed by atoms with Crippen LogP contribution in [0.1, 0.15) is 36.8 Å². The van der Waals surface area contributed by atoms with Crippen LogP contribution in [0, 0.1) is 6.92 Å². The average Bonchev–Trinajstić information content (AvgIpc) is 2.54. The molecule has 3 rings (SSSR count). The van der Waals surface area contributed by atoms with Gasteiger partial charge >= 0.3 is 0 Å². The van der Waals surface area contributed by atoms with Crippen molar-refractivity contribution in [3.05, 3.63) is 45.7 Å². The zero-order valence-electron chi connectivity index (χ0n) is 13.0. The minimum Gasteiger partial charge on any atom is -0.343 e. The highest BCUT2D eigenvalue weighted by atomic mass is 16.2. The second-order valence-electron chi connectivity index (χ2n) is 6.16. The van der Waals surface area contributed by atoms with Gasteiger partial charge in [0.1, 0.15) is 0 Å². The number of hydrogen-bond donors (Lipinski definition) is 1. The Morgan fingerprint density at radius 3 is 2.73 bits per heavy atom. The number of aromatic nitrogens is 1. The quantitative estimate of drug-likeness (QED) is 0.947. The van der Waals surface area contributed by atoms with E-state index in [2.05, 4.69) is 11.1 Å². The fourth-order valence-corrected chi connectivity index (χ4v) is 3.10. The largest absolute Gasteiger partial charge is 0.343 e. The van der Waals surface area contributed by atoms with Crippen molar-refractivity contribution in [3.63, 3.8) is 0 Å². The molecule has 4 nitrogen and oxygen atoms in total. The van der Waals surface area contributed by atoms with Crippen molar-refractivity contribution in [1.82, 2.24) is 9.88 Å². The molecule has 2 aromatic rings. The van der Waals surface area contributed by atoms with Crippen LogP contribution in [-0.4, -0.2) is 28.9 Å². The fraction of sp³-hybridized carbons (Fsp3) is 0.444. The first-order valence-electron chi connectivity index (χ1n) is 8.04. The van der Waals surface area contributed by atoms with Crippen molar-refractivity contribution in [2.45, 2.75) is 39.0 Å². The van der Waals surface area contributed by atoms with E-state index in [4.69, 9.17) is 0 Å². The molecule has 1 N–H and O–H groups in total. The highest BCUT2D eigenvalue weighted by molar-refractivity contribution is 5.80. The lowest BCUT2D eigenvalue weighted by Crippen LogP contribution is -2.35. The molecule has 2 heterocycles. The van der Waals surface area contributed by atoms with Gasteiger partial charge in [-0.05, 0) is 56.2 Å². The Hall–Kier alpha value is -2.10. The number of likely N-dealkylation sites (tertiary alicyclic amines) is 1. The molecular formula is C18H22N2O2. The van der Waals surface area contributed by atoms with Crippen molar-refractivity contribution in [3.8, 4) is 0 Å². The number of pyridine rings is 1. The van der Waals surface area contributed by atoms with Gasteiger partial charge in [0.05, 0.1) is 0 Å². The number of hydrogen-bond acceptors (Lipinski definition) is 2. The molecule has 1 fully saturated rings. The summed E-state index contributed by atoms with van der Waals surface area (Å²) in [5, 5.41) is 1.03. The van der Waals surface area contributed by atoms with Gasteiger partial charge in [0.2, 0.25) is 5.91 Å². The van der Waals surface area contributed by atoms with Gasteiger partial charge in [-0.25, -0.2) is 0 Å². The van der Waals surface area contributed by atoms with Gasteiger partial charge in [-0.15, -0.1) is 0 Å². The molecule has 0 bridgehead atoms. The number of nitrogens with one attached hydrogen (secondary N) is 1. The molecule has 1 aromatic heterocycles. The molecular weight excluding hydrogens is 276 g/mol. The molecule has 1 aliphatic heterocycles. The molecule has 1 aliphatic rings. The lowest BCUT2D eigenvalue weighted by molar-refractivity contribution is -0.132. The summed E-state index contributed by atoms with van der Waals surface area (Å²) in [5.41, 5.74) is 2.63. The predicted molar refractivity (Wildman–Crippen MR) is 88.1 cm³/mol. The van der Waals surface area contributed by atoms with Gasteiger partial charge in [0.25, 0.3) is 5.56 Å². The van der Waals surface area contributed by atoms with Gasteiger partial charge in [-0.3, -0.25) is 9.59 Å². The van der Waals surface area contributed by atoms with E-state index < -0.39 is 0 Å². The van der Waals surface area contributed by atoms with Crippen LogP contribution in [0.4, 0.5) is 0 Å². The third-order valence-electron chi connectivity index (χ3n) is 4.39.